The van der Waals surface area contributed by atoms with Crippen LogP contribution in [0.3, 0.4) is 0 Å². The summed E-state index contributed by atoms with van der Waals surface area (Å²) in [5.74, 6) is -0.528. The number of esters is 1. The van der Waals surface area contributed by atoms with Crippen LogP contribution in [0.1, 0.15) is 28.6 Å². The number of ether oxygens (including phenoxy) is 1. The minimum atomic E-state index is -0.528. The highest BCUT2D eigenvalue weighted by atomic mass is 35.5. The molecule has 0 radical (unpaired) electrons. The number of thiophene rings is 1. The Bertz CT molecular complexity index is 1150. The smallest absolute Gasteiger partial charge is 0.348 e. The summed E-state index contributed by atoms with van der Waals surface area (Å²) in [6.45, 7) is 2.17. The van der Waals surface area contributed by atoms with Crippen LogP contribution in [0.25, 0.3) is 10.2 Å². The Morgan fingerprint density at radius 2 is 1.97 bits per heavy atom. The SMILES string of the molecule is CCOC(=O)c1cc2c(=O)n(CCCO)c(=O)n(CCc3ccccc3Cl)c2s1. The van der Waals surface area contributed by atoms with Gasteiger partial charge in [-0.05, 0) is 37.5 Å². The van der Waals surface area contributed by atoms with E-state index in [2.05, 4.69) is 0 Å². The molecule has 0 unspecified atom stereocenters. The number of aryl methyl sites for hydroxylation is 2. The van der Waals surface area contributed by atoms with Crippen LogP contribution >= 0.6 is 22.9 Å². The van der Waals surface area contributed by atoms with Gasteiger partial charge >= 0.3 is 11.7 Å². The molecule has 0 saturated carbocycles. The third kappa shape index (κ3) is 4.44. The summed E-state index contributed by atoms with van der Waals surface area (Å²) in [5.41, 5.74) is -0.0657. The summed E-state index contributed by atoms with van der Waals surface area (Å²) in [7, 11) is 0. The lowest BCUT2D eigenvalue weighted by molar-refractivity contribution is 0.0532. The molecule has 1 N–H and O–H groups in total. The Kier molecular flexibility index (Phi) is 6.89. The Hall–Kier alpha value is -2.42. The zero-order valence-electron chi connectivity index (χ0n) is 15.9. The van der Waals surface area contributed by atoms with Crippen LogP contribution in [0.5, 0.6) is 0 Å². The first kappa shape index (κ1) is 21.3. The molecule has 29 heavy (non-hydrogen) atoms. The highest BCUT2D eigenvalue weighted by Crippen LogP contribution is 2.24. The molecule has 7 nitrogen and oxygen atoms in total. The molecule has 0 aliphatic carbocycles. The molecule has 0 aliphatic heterocycles. The predicted octanol–water partition coefficient (Wildman–Crippen LogP) is 2.68. The van der Waals surface area contributed by atoms with Gasteiger partial charge in [-0.1, -0.05) is 29.8 Å². The van der Waals surface area contributed by atoms with E-state index >= 15 is 0 Å². The van der Waals surface area contributed by atoms with Crippen molar-refractivity contribution in [2.75, 3.05) is 13.2 Å². The number of carbonyl (C=O) groups is 1. The number of hydrogen-bond donors (Lipinski definition) is 1. The Labute approximate surface area is 175 Å². The average molecular weight is 437 g/mol. The highest BCUT2D eigenvalue weighted by Gasteiger charge is 2.19. The number of nitrogens with zero attached hydrogens (tertiary/aromatic N) is 2. The Morgan fingerprint density at radius 3 is 2.66 bits per heavy atom. The second-order valence-corrected chi connectivity index (χ2v) is 7.80. The number of halogens is 1. The van der Waals surface area contributed by atoms with Crippen LogP contribution in [0.15, 0.2) is 39.9 Å². The summed E-state index contributed by atoms with van der Waals surface area (Å²) in [5, 5.41) is 10.00. The molecule has 2 aromatic heterocycles. The summed E-state index contributed by atoms with van der Waals surface area (Å²) < 4.78 is 7.63. The largest absolute Gasteiger partial charge is 0.462 e. The summed E-state index contributed by atoms with van der Waals surface area (Å²) in [6.07, 6.45) is 0.763. The fraction of sp³-hybridized carbons (Fsp3) is 0.350. The predicted molar refractivity (Wildman–Crippen MR) is 113 cm³/mol. The molecule has 2 heterocycles. The monoisotopic (exact) mass is 436 g/mol. The van der Waals surface area contributed by atoms with Crippen LogP contribution in [-0.4, -0.2) is 33.4 Å². The minimum absolute atomic E-state index is 0.0980. The minimum Gasteiger partial charge on any atom is -0.462 e. The van der Waals surface area contributed by atoms with Gasteiger partial charge in [0.05, 0.1) is 12.0 Å². The van der Waals surface area contributed by atoms with Gasteiger partial charge in [-0.15, -0.1) is 11.3 Å². The van der Waals surface area contributed by atoms with Gasteiger partial charge in [-0.3, -0.25) is 13.9 Å². The van der Waals surface area contributed by atoms with E-state index in [-0.39, 0.29) is 36.4 Å². The van der Waals surface area contributed by atoms with Crippen molar-refractivity contribution in [1.29, 1.82) is 0 Å². The van der Waals surface area contributed by atoms with Gasteiger partial charge in [-0.2, -0.15) is 0 Å². The van der Waals surface area contributed by atoms with Crippen molar-refractivity contribution in [3.8, 4) is 0 Å². The van der Waals surface area contributed by atoms with E-state index in [9.17, 15) is 14.4 Å². The number of aliphatic hydroxyl groups excluding tert-OH is 1. The number of rotatable bonds is 8. The lowest BCUT2D eigenvalue weighted by Gasteiger charge is -2.12. The van der Waals surface area contributed by atoms with Crippen molar-refractivity contribution >= 4 is 39.1 Å². The van der Waals surface area contributed by atoms with E-state index in [0.29, 0.717) is 22.8 Å². The van der Waals surface area contributed by atoms with Crippen LogP contribution in [0.2, 0.25) is 5.02 Å². The molecule has 3 rings (SSSR count). The number of hydrogen-bond acceptors (Lipinski definition) is 6. The van der Waals surface area contributed by atoms with E-state index in [0.717, 1.165) is 21.5 Å². The molecule has 0 saturated heterocycles. The Balaban J connectivity index is 2.11. The molecule has 9 heteroatoms. The first-order chi connectivity index (χ1) is 14.0. The van der Waals surface area contributed by atoms with E-state index in [4.69, 9.17) is 21.4 Å². The topological polar surface area (TPSA) is 90.5 Å². The molecule has 0 spiro atoms. The molecule has 0 bridgehead atoms. The highest BCUT2D eigenvalue weighted by molar-refractivity contribution is 7.20. The van der Waals surface area contributed by atoms with Gasteiger partial charge in [0, 0.05) is 24.7 Å². The van der Waals surface area contributed by atoms with Crippen molar-refractivity contribution in [2.24, 2.45) is 0 Å². The number of carbonyl (C=O) groups excluding carboxylic acids is 1. The molecule has 0 amide bonds. The third-order valence-electron chi connectivity index (χ3n) is 4.47. The van der Waals surface area contributed by atoms with E-state index < -0.39 is 17.2 Å². The first-order valence-corrected chi connectivity index (χ1v) is 10.5. The molecule has 0 fully saturated rings. The maximum absolute atomic E-state index is 13.0. The number of aromatic nitrogens is 2. The van der Waals surface area contributed by atoms with Gasteiger partial charge in [0.15, 0.2) is 0 Å². The second-order valence-electron chi connectivity index (χ2n) is 6.36. The lowest BCUT2D eigenvalue weighted by Crippen LogP contribution is -2.40. The van der Waals surface area contributed by atoms with Crippen molar-refractivity contribution in [3.63, 3.8) is 0 Å². The standard InChI is InChI=1S/C20H21ClN2O5S/c1-2-28-19(26)16-12-14-17(25)22(9-5-11-24)20(27)23(18(14)29-16)10-8-13-6-3-4-7-15(13)21/h3-4,6-7,12,24H,2,5,8-11H2,1H3. The van der Waals surface area contributed by atoms with E-state index in [1.807, 2.05) is 18.2 Å². The first-order valence-electron chi connectivity index (χ1n) is 9.26. The molecule has 154 valence electrons. The van der Waals surface area contributed by atoms with Crippen molar-refractivity contribution < 1.29 is 14.6 Å². The van der Waals surface area contributed by atoms with Crippen molar-refractivity contribution in [2.45, 2.75) is 32.9 Å². The number of aliphatic hydroxyl groups is 1. The zero-order valence-corrected chi connectivity index (χ0v) is 17.5. The third-order valence-corrected chi connectivity index (χ3v) is 5.98. The summed E-state index contributed by atoms with van der Waals surface area (Å²) >= 11 is 7.29. The molecular weight excluding hydrogens is 416 g/mol. The second kappa shape index (κ2) is 9.39. The van der Waals surface area contributed by atoms with E-state index in [1.54, 1.807) is 13.0 Å². The maximum Gasteiger partial charge on any atom is 0.348 e. The van der Waals surface area contributed by atoms with Crippen LogP contribution in [0.4, 0.5) is 0 Å². The van der Waals surface area contributed by atoms with Gasteiger partial charge in [0.25, 0.3) is 5.56 Å². The van der Waals surface area contributed by atoms with E-state index in [1.165, 1.54) is 10.6 Å². The molecular formula is C20H21ClN2O5S. The fourth-order valence-electron chi connectivity index (χ4n) is 3.06. The van der Waals surface area contributed by atoms with Crippen LogP contribution in [0, 0.1) is 0 Å². The average Bonchev–Trinajstić information content (AvgIpc) is 3.15. The fourth-order valence-corrected chi connectivity index (χ4v) is 4.35. The molecule has 3 aromatic rings. The molecule has 0 atom stereocenters. The van der Waals surface area contributed by atoms with Gasteiger partial charge in [0.2, 0.25) is 0 Å². The number of benzene rings is 1. The quantitative estimate of drug-likeness (QED) is 0.548. The molecule has 0 aliphatic rings. The summed E-state index contributed by atoms with van der Waals surface area (Å²) in [4.78, 5) is 38.7. The molecule has 1 aromatic carbocycles. The number of fused-ring (bicyclic) bond motifs is 1. The van der Waals surface area contributed by atoms with Crippen molar-refractivity contribution in [1.82, 2.24) is 9.13 Å². The maximum atomic E-state index is 13.0. The van der Waals surface area contributed by atoms with Crippen LogP contribution < -0.4 is 11.2 Å². The van der Waals surface area contributed by atoms with Gasteiger partial charge in [0.1, 0.15) is 9.71 Å². The zero-order chi connectivity index (χ0) is 21.0. The lowest BCUT2D eigenvalue weighted by atomic mass is 10.1. The normalized spacial score (nSPS) is 11.1. The van der Waals surface area contributed by atoms with Gasteiger partial charge < -0.3 is 9.84 Å². The Morgan fingerprint density at radius 1 is 1.21 bits per heavy atom. The van der Waals surface area contributed by atoms with Crippen molar-refractivity contribution in [3.05, 3.63) is 66.6 Å². The van der Waals surface area contributed by atoms with Gasteiger partial charge in [-0.25, -0.2) is 9.59 Å². The van der Waals surface area contributed by atoms with Crippen LogP contribution in [-0.2, 0) is 24.2 Å². The summed E-state index contributed by atoms with van der Waals surface area (Å²) in [6, 6.07) is 8.83.